The number of rotatable bonds is 4. The predicted octanol–water partition coefficient (Wildman–Crippen LogP) is 0.113. The molecule has 7 nitrogen and oxygen atoms in total. The summed E-state index contributed by atoms with van der Waals surface area (Å²) in [7, 11) is 1.51. The summed E-state index contributed by atoms with van der Waals surface area (Å²) in [6.07, 6.45) is 6.50. The average molecular weight is 323 g/mol. The monoisotopic (exact) mass is 323 g/mol. The highest BCUT2D eigenvalue weighted by Crippen LogP contribution is 2.59. The predicted molar refractivity (Wildman–Crippen MR) is 81.8 cm³/mol. The third-order valence-corrected chi connectivity index (χ3v) is 5.61. The Morgan fingerprint density at radius 3 is 2.04 bits per heavy atom. The van der Waals surface area contributed by atoms with Gasteiger partial charge in [0.2, 0.25) is 5.91 Å². The first-order valence-electron chi connectivity index (χ1n) is 8.40. The minimum atomic E-state index is -0.848. The lowest BCUT2D eigenvalue weighted by atomic mass is 9.49. The Labute approximate surface area is 135 Å². The van der Waals surface area contributed by atoms with Crippen LogP contribution in [0.25, 0.3) is 0 Å². The van der Waals surface area contributed by atoms with E-state index in [1.165, 1.54) is 26.4 Å². The number of amides is 3. The molecule has 0 radical (unpaired) electrons. The molecule has 0 atom stereocenters. The minimum absolute atomic E-state index is 0.130. The third-order valence-electron chi connectivity index (χ3n) is 5.61. The number of hydrogen-bond donors (Lipinski definition) is 3. The van der Waals surface area contributed by atoms with Crippen molar-refractivity contribution in [2.24, 2.45) is 23.2 Å². The molecule has 0 saturated heterocycles. The van der Waals surface area contributed by atoms with Gasteiger partial charge in [0.05, 0.1) is 12.0 Å². The maximum Gasteiger partial charge on any atom is 0.327 e. The van der Waals surface area contributed by atoms with Gasteiger partial charge in [0.1, 0.15) is 0 Å². The van der Waals surface area contributed by atoms with Crippen LogP contribution >= 0.6 is 0 Å². The maximum atomic E-state index is 12.6. The second-order valence-electron chi connectivity index (χ2n) is 7.35. The van der Waals surface area contributed by atoms with Gasteiger partial charge in [-0.1, -0.05) is 0 Å². The summed E-state index contributed by atoms with van der Waals surface area (Å²) in [5.41, 5.74) is 4.38. The second-order valence-corrected chi connectivity index (χ2v) is 7.35. The molecule has 0 aromatic rings. The zero-order valence-electron chi connectivity index (χ0n) is 13.5. The Balaban J connectivity index is 1.50. The fourth-order valence-electron chi connectivity index (χ4n) is 5.04. The molecule has 4 rings (SSSR count). The van der Waals surface area contributed by atoms with E-state index in [0.717, 1.165) is 19.3 Å². The van der Waals surface area contributed by atoms with Crippen LogP contribution in [0.2, 0.25) is 0 Å². The van der Waals surface area contributed by atoms with Crippen molar-refractivity contribution in [1.29, 1.82) is 0 Å². The number of nitrogens with one attached hydrogen (secondary N) is 3. The fourth-order valence-corrected chi connectivity index (χ4v) is 5.04. The van der Waals surface area contributed by atoms with Gasteiger partial charge < -0.3 is 10.1 Å². The molecule has 4 aliphatic rings. The number of hydrazine groups is 1. The van der Waals surface area contributed by atoms with Crippen LogP contribution in [0.4, 0.5) is 0 Å². The maximum absolute atomic E-state index is 12.6. The molecule has 4 bridgehead atoms. The van der Waals surface area contributed by atoms with Crippen LogP contribution in [0.15, 0.2) is 0 Å². The molecule has 23 heavy (non-hydrogen) atoms. The van der Waals surface area contributed by atoms with Crippen LogP contribution in [-0.2, 0) is 19.1 Å². The molecule has 128 valence electrons. The molecule has 3 N–H and O–H groups in total. The van der Waals surface area contributed by atoms with Crippen molar-refractivity contribution in [2.75, 3.05) is 20.3 Å². The van der Waals surface area contributed by atoms with Crippen LogP contribution in [0, 0.1) is 23.2 Å². The summed E-state index contributed by atoms with van der Waals surface area (Å²) in [6, 6.07) is 0. The fraction of sp³-hybridized carbons (Fsp3) is 0.812. The molecule has 0 aromatic carbocycles. The Kier molecular flexibility index (Phi) is 4.57. The molecule has 0 aromatic heterocycles. The second kappa shape index (κ2) is 6.47. The van der Waals surface area contributed by atoms with Gasteiger partial charge in [-0.25, -0.2) is 0 Å². The van der Waals surface area contributed by atoms with E-state index in [1.807, 2.05) is 0 Å². The molecule has 4 saturated carbocycles. The molecule has 3 amide bonds. The van der Waals surface area contributed by atoms with Crippen LogP contribution in [-0.4, -0.2) is 38.0 Å². The molecule has 4 fully saturated rings. The molecule has 0 aliphatic heterocycles. The van der Waals surface area contributed by atoms with Gasteiger partial charge in [-0.05, 0) is 56.3 Å². The summed E-state index contributed by atoms with van der Waals surface area (Å²) >= 11 is 0. The Hall–Kier alpha value is -1.63. The minimum Gasteiger partial charge on any atom is -0.383 e. The van der Waals surface area contributed by atoms with E-state index in [9.17, 15) is 14.4 Å². The SMILES string of the molecule is COCCNC(=O)C(=O)NNC(=O)C12CC3CC(CC(C3)C1)C2. The molecule has 0 spiro atoms. The van der Waals surface area contributed by atoms with Gasteiger partial charge in [0.25, 0.3) is 0 Å². The van der Waals surface area contributed by atoms with Gasteiger partial charge >= 0.3 is 11.8 Å². The van der Waals surface area contributed by atoms with Crippen molar-refractivity contribution < 1.29 is 19.1 Å². The first-order valence-corrected chi connectivity index (χ1v) is 8.40. The quantitative estimate of drug-likeness (QED) is 0.389. The van der Waals surface area contributed by atoms with Gasteiger partial charge in [-0.2, -0.15) is 0 Å². The first kappa shape index (κ1) is 16.2. The molecular formula is C16H25N3O4. The van der Waals surface area contributed by atoms with Crippen molar-refractivity contribution in [3.63, 3.8) is 0 Å². The lowest BCUT2D eigenvalue weighted by molar-refractivity contribution is -0.150. The number of methoxy groups -OCH3 is 1. The summed E-state index contributed by atoms with van der Waals surface area (Å²) in [5.74, 6) is 0.210. The summed E-state index contributed by atoms with van der Waals surface area (Å²) in [6.45, 7) is 0.588. The third kappa shape index (κ3) is 3.34. The van der Waals surface area contributed by atoms with E-state index in [1.54, 1.807) is 0 Å². The summed E-state index contributed by atoms with van der Waals surface area (Å²) in [5, 5.41) is 2.42. The number of ether oxygens (including phenoxy) is 1. The highest BCUT2D eigenvalue weighted by atomic mass is 16.5. The molecule has 0 heterocycles. The average Bonchev–Trinajstić information content (AvgIpc) is 2.51. The van der Waals surface area contributed by atoms with Gasteiger partial charge in [0.15, 0.2) is 0 Å². The number of carbonyl (C=O) groups excluding carboxylic acids is 3. The highest BCUT2D eigenvalue weighted by Gasteiger charge is 2.54. The zero-order valence-corrected chi connectivity index (χ0v) is 13.5. The normalized spacial score (nSPS) is 34.0. The van der Waals surface area contributed by atoms with Gasteiger partial charge in [0, 0.05) is 13.7 Å². The van der Waals surface area contributed by atoms with E-state index >= 15 is 0 Å². The van der Waals surface area contributed by atoms with Crippen molar-refractivity contribution in [1.82, 2.24) is 16.2 Å². The van der Waals surface area contributed by atoms with Crippen LogP contribution in [0.1, 0.15) is 38.5 Å². The lowest BCUT2D eigenvalue weighted by Crippen LogP contribution is -2.58. The number of hydrogen-bond acceptors (Lipinski definition) is 4. The Morgan fingerprint density at radius 1 is 0.957 bits per heavy atom. The van der Waals surface area contributed by atoms with Crippen LogP contribution in [0.3, 0.4) is 0 Å². The van der Waals surface area contributed by atoms with Crippen molar-refractivity contribution in [2.45, 2.75) is 38.5 Å². The first-order chi connectivity index (χ1) is 11.0. The van der Waals surface area contributed by atoms with E-state index in [-0.39, 0.29) is 17.9 Å². The van der Waals surface area contributed by atoms with Crippen molar-refractivity contribution in [3.8, 4) is 0 Å². The number of carbonyl (C=O) groups is 3. The van der Waals surface area contributed by atoms with Gasteiger partial charge in [-0.15, -0.1) is 0 Å². The standard InChI is InChI=1S/C16H25N3O4/c1-23-3-2-17-13(20)14(21)18-19-15(22)16-7-10-4-11(8-16)6-12(5-10)9-16/h10-12H,2-9H2,1H3,(H,17,20)(H,18,21)(H,19,22). The van der Waals surface area contributed by atoms with E-state index in [4.69, 9.17) is 4.74 Å². The van der Waals surface area contributed by atoms with E-state index in [0.29, 0.717) is 24.4 Å². The Bertz CT molecular complexity index is 470. The van der Waals surface area contributed by atoms with Crippen LogP contribution < -0.4 is 16.2 Å². The van der Waals surface area contributed by atoms with Gasteiger partial charge in [-0.3, -0.25) is 25.2 Å². The topological polar surface area (TPSA) is 96.5 Å². The molecule has 7 heteroatoms. The van der Waals surface area contributed by atoms with Crippen molar-refractivity contribution >= 4 is 17.7 Å². The van der Waals surface area contributed by atoms with Crippen LogP contribution in [0.5, 0.6) is 0 Å². The molecule has 4 aliphatic carbocycles. The van der Waals surface area contributed by atoms with E-state index < -0.39 is 11.8 Å². The zero-order chi connectivity index (χ0) is 16.4. The lowest BCUT2D eigenvalue weighted by Gasteiger charge is -2.55. The van der Waals surface area contributed by atoms with E-state index in [2.05, 4.69) is 16.2 Å². The van der Waals surface area contributed by atoms with Crippen molar-refractivity contribution in [3.05, 3.63) is 0 Å². The molecule has 0 unspecified atom stereocenters. The summed E-state index contributed by atoms with van der Waals surface area (Å²) in [4.78, 5) is 35.8. The highest BCUT2D eigenvalue weighted by molar-refractivity contribution is 6.35. The molecular weight excluding hydrogens is 298 g/mol. The summed E-state index contributed by atoms with van der Waals surface area (Å²) < 4.78 is 4.79. The smallest absolute Gasteiger partial charge is 0.327 e. The Morgan fingerprint density at radius 2 is 1.52 bits per heavy atom. The largest absolute Gasteiger partial charge is 0.383 e.